The second-order valence-corrected chi connectivity index (χ2v) is 6.52. The molecule has 2 aromatic rings. The molecule has 1 fully saturated rings. The lowest BCUT2D eigenvalue weighted by Crippen LogP contribution is -2.44. The van der Waals surface area contributed by atoms with Gasteiger partial charge in [0.15, 0.2) is 11.5 Å². The fourth-order valence-electron chi connectivity index (χ4n) is 3.09. The molecule has 8 heteroatoms. The second kappa shape index (κ2) is 8.30. The highest BCUT2D eigenvalue weighted by molar-refractivity contribution is 5.66. The number of benzene rings is 1. The normalized spacial score (nSPS) is 14.8. The summed E-state index contributed by atoms with van der Waals surface area (Å²) in [7, 11) is 6.91. The number of hydrogen-bond acceptors (Lipinski definition) is 8. The summed E-state index contributed by atoms with van der Waals surface area (Å²) in [6, 6.07) is 5.69. The largest absolute Gasteiger partial charge is 0.493 e. The predicted molar refractivity (Wildman–Crippen MR) is 106 cm³/mol. The summed E-state index contributed by atoms with van der Waals surface area (Å²) in [4.78, 5) is 13.8. The van der Waals surface area contributed by atoms with Crippen molar-refractivity contribution >= 4 is 17.5 Å². The minimum Gasteiger partial charge on any atom is -0.493 e. The van der Waals surface area contributed by atoms with Crippen LogP contribution in [-0.2, 0) is 0 Å². The Morgan fingerprint density at radius 3 is 2.07 bits per heavy atom. The highest BCUT2D eigenvalue weighted by atomic mass is 16.5. The van der Waals surface area contributed by atoms with E-state index in [1.165, 1.54) is 0 Å². The van der Waals surface area contributed by atoms with E-state index in [0.29, 0.717) is 23.2 Å². The summed E-state index contributed by atoms with van der Waals surface area (Å²) in [6.07, 6.45) is 0. The van der Waals surface area contributed by atoms with Crippen molar-refractivity contribution in [2.45, 2.75) is 6.92 Å². The van der Waals surface area contributed by atoms with Gasteiger partial charge in [-0.1, -0.05) is 0 Å². The van der Waals surface area contributed by atoms with Gasteiger partial charge >= 0.3 is 0 Å². The molecule has 0 aliphatic carbocycles. The van der Waals surface area contributed by atoms with Gasteiger partial charge in [-0.3, -0.25) is 0 Å². The Labute approximate surface area is 160 Å². The molecule has 0 saturated carbocycles. The third kappa shape index (κ3) is 4.33. The molecular weight excluding hydrogens is 346 g/mol. The van der Waals surface area contributed by atoms with Crippen LogP contribution in [0.1, 0.15) is 5.69 Å². The van der Waals surface area contributed by atoms with Crippen LogP contribution in [0.3, 0.4) is 0 Å². The minimum atomic E-state index is 0.540. The Bertz CT molecular complexity index is 766. The standard InChI is InChI=1S/C19H27N5O3/c1-13-10-17(24-8-6-23(2)7-9-24)22-19(20-13)21-14-11-15(25-3)18(27-5)16(12-14)26-4/h10-12H,6-9H2,1-5H3,(H,20,21,22). The summed E-state index contributed by atoms with van der Waals surface area (Å²) in [5.74, 6) is 3.18. The van der Waals surface area contributed by atoms with E-state index in [2.05, 4.69) is 27.1 Å². The third-order valence-corrected chi connectivity index (χ3v) is 4.59. The number of anilines is 3. The van der Waals surface area contributed by atoms with Crippen molar-refractivity contribution in [1.82, 2.24) is 14.9 Å². The average molecular weight is 373 g/mol. The molecule has 0 amide bonds. The van der Waals surface area contributed by atoms with Gasteiger partial charge in [0, 0.05) is 55.8 Å². The van der Waals surface area contributed by atoms with Crippen LogP contribution >= 0.6 is 0 Å². The molecule has 1 saturated heterocycles. The van der Waals surface area contributed by atoms with Crippen molar-refractivity contribution in [3.8, 4) is 17.2 Å². The number of piperazine rings is 1. The third-order valence-electron chi connectivity index (χ3n) is 4.59. The quantitative estimate of drug-likeness (QED) is 0.827. The highest BCUT2D eigenvalue weighted by Gasteiger charge is 2.18. The van der Waals surface area contributed by atoms with Crippen LogP contribution in [0.5, 0.6) is 17.2 Å². The lowest BCUT2D eigenvalue weighted by molar-refractivity contribution is 0.312. The molecule has 0 spiro atoms. The molecular formula is C19H27N5O3. The zero-order valence-electron chi connectivity index (χ0n) is 16.6. The number of nitrogens with one attached hydrogen (secondary N) is 1. The fraction of sp³-hybridized carbons (Fsp3) is 0.474. The zero-order valence-corrected chi connectivity index (χ0v) is 16.6. The first-order valence-corrected chi connectivity index (χ1v) is 8.90. The summed E-state index contributed by atoms with van der Waals surface area (Å²) < 4.78 is 16.2. The molecule has 1 N–H and O–H groups in total. The summed E-state index contributed by atoms with van der Waals surface area (Å²) in [5.41, 5.74) is 1.67. The molecule has 1 aromatic carbocycles. The SMILES string of the molecule is COc1cc(Nc2nc(C)cc(N3CCN(C)CC3)n2)cc(OC)c1OC. The molecule has 1 aliphatic heterocycles. The van der Waals surface area contributed by atoms with Gasteiger partial charge in [0.2, 0.25) is 11.7 Å². The number of ether oxygens (including phenoxy) is 3. The maximum atomic E-state index is 5.41. The zero-order chi connectivity index (χ0) is 19.4. The van der Waals surface area contributed by atoms with Crippen molar-refractivity contribution in [2.24, 2.45) is 0 Å². The Morgan fingerprint density at radius 2 is 1.52 bits per heavy atom. The van der Waals surface area contributed by atoms with Gasteiger partial charge in [0.25, 0.3) is 0 Å². The lowest BCUT2D eigenvalue weighted by atomic mass is 10.2. The molecule has 8 nitrogen and oxygen atoms in total. The maximum Gasteiger partial charge on any atom is 0.229 e. The number of aryl methyl sites for hydroxylation is 1. The fourth-order valence-corrected chi connectivity index (χ4v) is 3.09. The van der Waals surface area contributed by atoms with E-state index < -0.39 is 0 Å². The second-order valence-electron chi connectivity index (χ2n) is 6.52. The Hall–Kier alpha value is -2.74. The molecule has 1 aliphatic rings. The average Bonchev–Trinajstić information content (AvgIpc) is 2.67. The number of rotatable bonds is 6. The first-order chi connectivity index (χ1) is 13.0. The first-order valence-electron chi connectivity index (χ1n) is 8.90. The molecule has 146 valence electrons. The van der Waals surface area contributed by atoms with E-state index in [4.69, 9.17) is 19.2 Å². The molecule has 3 rings (SSSR count). The van der Waals surface area contributed by atoms with Gasteiger partial charge in [-0.2, -0.15) is 4.98 Å². The Kier molecular flexibility index (Phi) is 5.85. The summed E-state index contributed by atoms with van der Waals surface area (Å²) in [6.45, 7) is 5.94. The van der Waals surface area contributed by atoms with Crippen LogP contribution in [0.2, 0.25) is 0 Å². The van der Waals surface area contributed by atoms with Gasteiger partial charge in [-0.15, -0.1) is 0 Å². The molecule has 0 atom stereocenters. The van der Waals surface area contributed by atoms with Gasteiger partial charge < -0.3 is 29.3 Å². The maximum absolute atomic E-state index is 5.41. The monoisotopic (exact) mass is 373 g/mol. The first kappa shape index (κ1) is 19.0. The van der Waals surface area contributed by atoms with Crippen LogP contribution in [-0.4, -0.2) is 69.4 Å². The molecule has 27 heavy (non-hydrogen) atoms. The Morgan fingerprint density at radius 1 is 0.889 bits per heavy atom. The molecule has 1 aromatic heterocycles. The van der Waals surface area contributed by atoms with Gasteiger partial charge in [-0.05, 0) is 14.0 Å². The van der Waals surface area contributed by atoms with Crippen LogP contribution in [0, 0.1) is 6.92 Å². The van der Waals surface area contributed by atoms with Crippen LogP contribution in [0.4, 0.5) is 17.5 Å². The molecule has 0 bridgehead atoms. The van der Waals surface area contributed by atoms with E-state index in [-0.39, 0.29) is 0 Å². The van der Waals surface area contributed by atoms with Crippen LogP contribution in [0.15, 0.2) is 18.2 Å². The van der Waals surface area contributed by atoms with Crippen molar-refractivity contribution in [2.75, 3.05) is 64.8 Å². The predicted octanol–water partition coefficient (Wildman–Crippen LogP) is 2.31. The van der Waals surface area contributed by atoms with Gasteiger partial charge in [0.05, 0.1) is 21.3 Å². The topological polar surface area (TPSA) is 72.0 Å². The summed E-state index contributed by atoms with van der Waals surface area (Å²) in [5, 5.41) is 3.26. The molecule has 0 unspecified atom stereocenters. The minimum absolute atomic E-state index is 0.540. The summed E-state index contributed by atoms with van der Waals surface area (Å²) >= 11 is 0. The van der Waals surface area contributed by atoms with Crippen molar-refractivity contribution < 1.29 is 14.2 Å². The van der Waals surface area contributed by atoms with Crippen molar-refractivity contribution in [1.29, 1.82) is 0 Å². The van der Waals surface area contributed by atoms with Crippen molar-refractivity contribution in [3.05, 3.63) is 23.9 Å². The van der Waals surface area contributed by atoms with E-state index in [0.717, 1.165) is 43.4 Å². The van der Waals surface area contributed by atoms with E-state index in [1.54, 1.807) is 21.3 Å². The number of likely N-dealkylation sites (N-methyl/N-ethyl adjacent to an activating group) is 1. The van der Waals surface area contributed by atoms with Crippen LogP contribution < -0.4 is 24.4 Å². The number of aromatic nitrogens is 2. The van der Waals surface area contributed by atoms with E-state index in [9.17, 15) is 0 Å². The number of nitrogens with zero attached hydrogens (tertiary/aromatic N) is 4. The highest BCUT2D eigenvalue weighted by Crippen LogP contribution is 2.40. The number of hydrogen-bond donors (Lipinski definition) is 1. The number of methoxy groups -OCH3 is 3. The van der Waals surface area contributed by atoms with E-state index in [1.807, 2.05) is 25.1 Å². The van der Waals surface area contributed by atoms with Gasteiger partial charge in [0.1, 0.15) is 5.82 Å². The molecule has 0 radical (unpaired) electrons. The Balaban J connectivity index is 1.87. The smallest absolute Gasteiger partial charge is 0.229 e. The lowest BCUT2D eigenvalue weighted by Gasteiger charge is -2.33. The van der Waals surface area contributed by atoms with Crippen LogP contribution in [0.25, 0.3) is 0 Å². The van der Waals surface area contributed by atoms with Gasteiger partial charge in [-0.25, -0.2) is 4.98 Å². The van der Waals surface area contributed by atoms with Crippen molar-refractivity contribution in [3.63, 3.8) is 0 Å². The molecule has 2 heterocycles. The van der Waals surface area contributed by atoms with E-state index >= 15 is 0 Å².